The van der Waals surface area contributed by atoms with Crippen molar-refractivity contribution >= 4 is 34.0 Å². The van der Waals surface area contributed by atoms with E-state index in [1.54, 1.807) is 17.7 Å². The van der Waals surface area contributed by atoms with Crippen LogP contribution in [0.15, 0.2) is 17.8 Å². The van der Waals surface area contributed by atoms with Crippen molar-refractivity contribution in [1.82, 2.24) is 9.97 Å². The van der Waals surface area contributed by atoms with Gasteiger partial charge in [0.15, 0.2) is 0 Å². The van der Waals surface area contributed by atoms with Crippen LogP contribution in [0.5, 0.6) is 0 Å². The number of fused-ring (bicyclic) bond motifs is 1. The van der Waals surface area contributed by atoms with Crippen molar-refractivity contribution < 1.29 is 5.11 Å². The van der Waals surface area contributed by atoms with Crippen LogP contribution in [0.1, 0.15) is 30.9 Å². The molecule has 3 rings (SSSR count). The van der Waals surface area contributed by atoms with Crippen molar-refractivity contribution in [2.75, 3.05) is 0 Å². The van der Waals surface area contributed by atoms with Crippen molar-refractivity contribution in [3.8, 4) is 0 Å². The van der Waals surface area contributed by atoms with Crippen LogP contribution in [-0.4, -0.2) is 20.8 Å². The van der Waals surface area contributed by atoms with Crippen LogP contribution in [0.3, 0.4) is 0 Å². The highest BCUT2D eigenvalue weighted by Crippen LogP contribution is 2.41. The fraction of sp³-hybridized carbons (Fsp3) is 0.455. The minimum absolute atomic E-state index is 0. The summed E-state index contributed by atoms with van der Waals surface area (Å²) in [5.74, 6) is -0.0624. The van der Waals surface area contributed by atoms with Crippen LogP contribution in [0.4, 0.5) is 0 Å². The maximum atomic E-state index is 10.1. The number of thiophene rings is 1. The van der Waals surface area contributed by atoms with Crippen molar-refractivity contribution in [1.29, 1.82) is 0 Å². The number of aliphatic hydroxyl groups is 1. The average molecular weight is 272 g/mol. The molecule has 2 heterocycles. The third-order valence-corrected chi connectivity index (χ3v) is 4.12. The van der Waals surface area contributed by atoms with E-state index >= 15 is 0 Å². The van der Waals surface area contributed by atoms with Crippen LogP contribution in [0.2, 0.25) is 0 Å². The second-order valence-electron chi connectivity index (χ2n) is 4.33. The molecular formula is C11H14ClN3OS. The summed E-state index contributed by atoms with van der Waals surface area (Å²) in [7, 11) is 0. The number of rotatable bonds is 1. The third-order valence-electron chi connectivity index (χ3n) is 3.30. The molecule has 1 aliphatic rings. The molecule has 1 fully saturated rings. The van der Waals surface area contributed by atoms with E-state index in [-0.39, 0.29) is 18.3 Å². The summed E-state index contributed by atoms with van der Waals surface area (Å²) >= 11 is 1.59. The van der Waals surface area contributed by atoms with E-state index < -0.39 is 5.72 Å². The smallest absolute Gasteiger partial charge is 0.126 e. The second-order valence-corrected chi connectivity index (χ2v) is 5.23. The standard InChI is InChI=1S/C11H13N3OS.ClH/c12-11(15)4-1-2-8(11)9-7-3-5-16-10(7)14-6-13-9;/h3,5-6,8,15H,1-2,4,12H2;1H. The van der Waals surface area contributed by atoms with Crippen molar-refractivity contribution in [3.05, 3.63) is 23.5 Å². The largest absolute Gasteiger partial charge is 0.375 e. The monoisotopic (exact) mass is 271 g/mol. The van der Waals surface area contributed by atoms with Crippen molar-refractivity contribution in [2.24, 2.45) is 5.73 Å². The average Bonchev–Trinajstić information content (AvgIpc) is 2.83. The molecule has 1 aliphatic carbocycles. The number of nitrogens with zero attached hydrogens (tertiary/aromatic N) is 2. The van der Waals surface area contributed by atoms with E-state index in [1.807, 2.05) is 11.4 Å². The molecule has 0 saturated heterocycles. The predicted octanol–water partition coefficient (Wildman–Crippen LogP) is 2.03. The van der Waals surface area contributed by atoms with Crippen LogP contribution in [-0.2, 0) is 0 Å². The first kappa shape index (κ1) is 12.7. The lowest BCUT2D eigenvalue weighted by Crippen LogP contribution is -2.42. The lowest BCUT2D eigenvalue weighted by Gasteiger charge is -2.25. The number of halogens is 1. The minimum Gasteiger partial charge on any atom is -0.375 e. The number of hydrogen-bond donors (Lipinski definition) is 2. The summed E-state index contributed by atoms with van der Waals surface area (Å²) in [6.07, 6.45) is 4.05. The molecule has 92 valence electrons. The second kappa shape index (κ2) is 4.49. The molecule has 4 nitrogen and oxygen atoms in total. The van der Waals surface area contributed by atoms with E-state index in [1.165, 1.54) is 0 Å². The first-order chi connectivity index (χ1) is 7.68. The summed E-state index contributed by atoms with van der Waals surface area (Å²) in [6, 6.07) is 2.00. The van der Waals surface area contributed by atoms with Gasteiger partial charge in [0.1, 0.15) is 16.9 Å². The Morgan fingerprint density at radius 1 is 1.47 bits per heavy atom. The highest BCUT2D eigenvalue weighted by Gasteiger charge is 2.40. The normalized spacial score (nSPS) is 28.2. The lowest BCUT2D eigenvalue weighted by molar-refractivity contribution is 0.0359. The lowest BCUT2D eigenvalue weighted by atomic mass is 9.94. The van der Waals surface area contributed by atoms with Gasteiger partial charge in [-0.15, -0.1) is 23.7 Å². The molecule has 6 heteroatoms. The van der Waals surface area contributed by atoms with E-state index in [4.69, 9.17) is 5.73 Å². The molecule has 2 atom stereocenters. The van der Waals surface area contributed by atoms with Gasteiger partial charge in [0.05, 0.1) is 5.69 Å². The molecule has 2 aromatic heterocycles. The third kappa shape index (κ3) is 2.04. The highest BCUT2D eigenvalue weighted by molar-refractivity contribution is 7.16. The molecule has 0 radical (unpaired) electrons. The molecular weight excluding hydrogens is 258 g/mol. The van der Waals surface area contributed by atoms with Crippen LogP contribution in [0.25, 0.3) is 10.2 Å². The SMILES string of the molecule is Cl.NC1(O)CCCC1c1ncnc2sccc12. The Bertz CT molecular complexity index is 528. The molecule has 0 aliphatic heterocycles. The van der Waals surface area contributed by atoms with Gasteiger partial charge in [-0.2, -0.15) is 0 Å². The summed E-state index contributed by atoms with van der Waals surface area (Å²) in [5, 5.41) is 13.1. The first-order valence-corrected chi connectivity index (χ1v) is 6.26. The number of nitrogens with two attached hydrogens (primary N) is 1. The van der Waals surface area contributed by atoms with Crippen LogP contribution < -0.4 is 5.73 Å². The van der Waals surface area contributed by atoms with Gasteiger partial charge in [0, 0.05) is 11.3 Å². The Balaban J connectivity index is 0.00000108. The maximum absolute atomic E-state index is 10.1. The Morgan fingerprint density at radius 2 is 2.29 bits per heavy atom. The quantitative estimate of drug-likeness (QED) is 0.779. The molecule has 0 spiro atoms. The van der Waals surface area contributed by atoms with Gasteiger partial charge >= 0.3 is 0 Å². The molecule has 2 aromatic rings. The summed E-state index contributed by atoms with van der Waals surface area (Å²) in [6.45, 7) is 0. The van der Waals surface area contributed by atoms with Gasteiger partial charge in [0.2, 0.25) is 0 Å². The number of aromatic nitrogens is 2. The van der Waals surface area contributed by atoms with Crippen molar-refractivity contribution in [2.45, 2.75) is 30.9 Å². The Morgan fingerprint density at radius 3 is 3.00 bits per heavy atom. The van der Waals surface area contributed by atoms with Gasteiger partial charge in [-0.3, -0.25) is 0 Å². The summed E-state index contributed by atoms with van der Waals surface area (Å²) in [5.41, 5.74) is 5.70. The van der Waals surface area contributed by atoms with E-state index in [0.29, 0.717) is 6.42 Å². The Hall–Kier alpha value is -0.750. The molecule has 1 saturated carbocycles. The van der Waals surface area contributed by atoms with E-state index in [0.717, 1.165) is 28.8 Å². The number of hydrogen-bond acceptors (Lipinski definition) is 5. The fourth-order valence-electron chi connectivity index (χ4n) is 2.47. The molecule has 0 aromatic carbocycles. The minimum atomic E-state index is -1.11. The molecule has 0 bridgehead atoms. The molecule has 2 unspecified atom stereocenters. The van der Waals surface area contributed by atoms with Crippen LogP contribution >= 0.6 is 23.7 Å². The Labute approximate surface area is 109 Å². The zero-order chi connectivity index (χ0) is 11.2. The predicted molar refractivity (Wildman–Crippen MR) is 70.4 cm³/mol. The summed E-state index contributed by atoms with van der Waals surface area (Å²) in [4.78, 5) is 9.48. The highest BCUT2D eigenvalue weighted by atomic mass is 35.5. The summed E-state index contributed by atoms with van der Waals surface area (Å²) < 4.78 is 0. The molecule has 17 heavy (non-hydrogen) atoms. The van der Waals surface area contributed by atoms with Gasteiger partial charge in [-0.1, -0.05) is 0 Å². The molecule has 3 N–H and O–H groups in total. The van der Waals surface area contributed by atoms with Crippen molar-refractivity contribution in [3.63, 3.8) is 0 Å². The van der Waals surface area contributed by atoms with Gasteiger partial charge < -0.3 is 10.8 Å². The fourth-order valence-corrected chi connectivity index (χ4v) is 3.21. The zero-order valence-electron chi connectivity index (χ0n) is 9.17. The van der Waals surface area contributed by atoms with Gasteiger partial charge in [0.25, 0.3) is 0 Å². The first-order valence-electron chi connectivity index (χ1n) is 5.38. The van der Waals surface area contributed by atoms with Crippen LogP contribution in [0, 0.1) is 0 Å². The van der Waals surface area contributed by atoms with E-state index in [9.17, 15) is 5.11 Å². The van der Waals surface area contributed by atoms with E-state index in [2.05, 4.69) is 9.97 Å². The van der Waals surface area contributed by atoms with Gasteiger partial charge in [-0.05, 0) is 30.7 Å². The maximum Gasteiger partial charge on any atom is 0.126 e. The Kier molecular flexibility index (Phi) is 3.36. The molecule has 0 amide bonds. The zero-order valence-corrected chi connectivity index (χ0v) is 10.8. The van der Waals surface area contributed by atoms with Gasteiger partial charge in [-0.25, -0.2) is 9.97 Å². The topological polar surface area (TPSA) is 72.0 Å².